The van der Waals surface area contributed by atoms with Crippen molar-refractivity contribution in [3.8, 4) is 0 Å². The van der Waals surface area contributed by atoms with Gasteiger partial charge in [-0.15, -0.1) is 0 Å². The van der Waals surface area contributed by atoms with Gasteiger partial charge in [0.2, 0.25) is 0 Å². The van der Waals surface area contributed by atoms with Gasteiger partial charge in [-0.1, -0.05) is 29.8 Å². The molecular formula is C17H22N2O2. The molecule has 0 saturated carbocycles. The molecule has 0 aliphatic rings. The van der Waals surface area contributed by atoms with E-state index in [1.807, 2.05) is 52.8 Å². The molecule has 0 bridgehead atoms. The van der Waals surface area contributed by atoms with E-state index in [-0.39, 0.29) is 11.9 Å². The van der Waals surface area contributed by atoms with Crippen molar-refractivity contribution in [2.24, 2.45) is 0 Å². The molecule has 1 aromatic heterocycles. The lowest BCUT2D eigenvalue weighted by molar-refractivity contribution is 0.0934. The van der Waals surface area contributed by atoms with Crippen LogP contribution in [0.2, 0.25) is 0 Å². The Kier molecular flexibility index (Phi) is 4.46. The largest absolute Gasteiger partial charge is 0.361 e. The summed E-state index contributed by atoms with van der Waals surface area (Å²) in [7, 11) is 0. The van der Waals surface area contributed by atoms with Crippen LogP contribution < -0.4 is 5.32 Å². The Morgan fingerprint density at radius 2 is 2.00 bits per heavy atom. The summed E-state index contributed by atoms with van der Waals surface area (Å²) in [6.07, 6.45) is 0.791. The maximum absolute atomic E-state index is 12.5. The number of aromatic nitrogens is 1. The van der Waals surface area contributed by atoms with Crippen LogP contribution in [0, 0.1) is 27.7 Å². The molecule has 4 nitrogen and oxygen atoms in total. The SMILES string of the molecule is CCC(NC(=O)c1ccc(C)cc1C)c1c(C)noc1C. The van der Waals surface area contributed by atoms with Gasteiger partial charge in [0, 0.05) is 11.1 Å². The summed E-state index contributed by atoms with van der Waals surface area (Å²) in [5.74, 6) is 0.708. The van der Waals surface area contributed by atoms with E-state index in [0.717, 1.165) is 34.6 Å². The molecule has 0 aliphatic carbocycles. The van der Waals surface area contributed by atoms with Crippen LogP contribution in [0.3, 0.4) is 0 Å². The van der Waals surface area contributed by atoms with Crippen LogP contribution in [0.15, 0.2) is 22.7 Å². The van der Waals surface area contributed by atoms with E-state index in [1.54, 1.807) is 0 Å². The van der Waals surface area contributed by atoms with E-state index in [9.17, 15) is 4.79 Å². The molecule has 0 aliphatic heterocycles. The molecule has 1 atom stereocenters. The first-order valence-electron chi connectivity index (χ1n) is 7.25. The first kappa shape index (κ1) is 15.3. The quantitative estimate of drug-likeness (QED) is 0.930. The second kappa shape index (κ2) is 6.12. The van der Waals surface area contributed by atoms with Gasteiger partial charge < -0.3 is 9.84 Å². The fourth-order valence-electron chi connectivity index (χ4n) is 2.67. The fourth-order valence-corrected chi connectivity index (χ4v) is 2.67. The molecular weight excluding hydrogens is 264 g/mol. The van der Waals surface area contributed by atoms with Crippen LogP contribution in [-0.4, -0.2) is 11.1 Å². The van der Waals surface area contributed by atoms with Gasteiger partial charge in [-0.25, -0.2) is 0 Å². The number of amides is 1. The first-order chi connectivity index (χ1) is 9.93. The monoisotopic (exact) mass is 286 g/mol. The summed E-state index contributed by atoms with van der Waals surface area (Å²) in [6, 6.07) is 5.77. The third kappa shape index (κ3) is 3.15. The molecule has 4 heteroatoms. The average molecular weight is 286 g/mol. The Morgan fingerprint density at radius 3 is 2.52 bits per heavy atom. The Morgan fingerprint density at radius 1 is 1.29 bits per heavy atom. The first-order valence-corrected chi connectivity index (χ1v) is 7.25. The highest BCUT2D eigenvalue weighted by Gasteiger charge is 2.21. The summed E-state index contributed by atoms with van der Waals surface area (Å²) >= 11 is 0. The average Bonchev–Trinajstić information content (AvgIpc) is 2.75. The Hall–Kier alpha value is -2.10. The molecule has 1 heterocycles. The number of hydrogen-bond donors (Lipinski definition) is 1. The standard InChI is InChI=1S/C17H22N2O2/c1-6-15(16-12(4)19-21-13(16)5)18-17(20)14-8-7-10(2)9-11(14)3/h7-9,15H,6H2,1-5H3,(H,18,20). The van der Waals surface area contributed by atoms with E-state index in [1.165, 1.54) is 0 Å². The van der Waals surface area contributed by atoms with Crippen LogP contribution in [0.1, 0.15) is 57.9 Å². The second-order valence-corrected chi connectivity index (χ2v) is 5.49. The third-order valence-electron chi connectivity index (χ3n) is 3.78. The van der Waals surface area contributed by atoms with Gasteiger partial charge in [-0.2, -0.15) is 0 Å². The summed E-state index contributed by atoms with van der Waals surface area (Å²) in [6.45, 7) is 9.80. The van der Waals surface area contributed by atoms with E-state index in [0.29, 0.717) is 5.56 Å². The second-order valence-electron chi connectivity index (χ2n) is 5.49. The van der Waals surface area contributed by atoms with E-state index < -0.39 is 0 Å². The number of hydrogen-bond acceptors (Lipinski definition) is 3. The minimum atomic E-state index is -0.0792. The number of nitrogens with one attached hydrogen (secondary N) is 1. The molecule has 21 heavy (non-hydrogen) atoms. The smallest absolute Gasteiger partial charge is 0.252 e. The molecule has 1 aromatic carbocycles. The van der Waals surface area contributed by atoms with Gasteiger partial charge in [0.1, 0.15) is 5.76 Å². The molecule has 0 radical (unpaired) electrons. The van der Waals surface area contributed by atoms with Crippen LogP contribution in [0.4, 0.5) is 0 Å². The normalized spacial score (nSPS) is 12.2. The molecule has 112 valence electrons. The topological polar surface area (TPSA) is 55.1 Å². The van der Waals surface area contributed by atoms with Crippen molar-refractivity contribution >= 4 is 5.91 Å². The van der Waals surface area contributed by atoms with Crippen molar-refractivity contribution < 1.29 is 9.32 Å². The van der Waals surface area contributed by atoms with E-state index >= 15 is 0 Å². The van der Waals surface area contributed by atoms with Gasteiger partial charge in [0.25, 0.3) is 5.91 Å². The van der Waals surface area contributed by atoms with Gasteiger partial charge in [0.15, 0.2) is 0 Å². The Bertz CT molecular complexity index is 639. The molecule has 0 spiro atoms. The number of nitrogens with zero attached hydrogens (tertiary/aromatic N) is 1. The zero-order valence-corrected chi connectivity index (χ0v) is 13.3. The predicted octanol–water partition coefficient (Wildman–Crippen LogP) is 3.79. The minimum absolute atomic E-state index is 0.0562. The number of benzene rings is 1. The molecule has 1 N–H and O–H groups in total. The van der Waals surface area contributed by atoms with Crippen LogP contribution >= 0.6 is 0 Å². The molecule has 1 unspecified atom stereocenters. The highest BCUT2D eigenvalue weighted by molar-refractivity contribution is 5.96. The lowest BCUT2D eigenvalue weighted by Gasteiger charge is -2.18. The van der Waals surface area contributed by atoms with Crippen molar-refractivity contribution in [2.75, 3.05) is 0 Å². The predicted molar refractivity (Wildman–Crippen MR) is 82.4 cm³/mol. The van der Waals surface area contributed by atoms with Crippen LogP contribution in [-0.2, 0) is 0 Å². The fraction of sp³-hybridized carbons (Fsp3) is 0.412. The maximum atomic E-state index is 12.5. The molecule has 1 amide bonds. The lowest BCUT2D eigenvalue weighted by atomic mass is 10.0. The Balaban J connectivity index is 2.24. The van der Waals surface area contributed by atoms with Crippen LogP contribution in [0.25, 0.3) is 0 Å². The van der Waals surface area contributed by atoms with Crippen molar-refractivity contribution in [1.29, 1.82) is 0 Å². The number of carbonyl (C=O) groups excluding carboxylic acids is 1. The zero-order valence-electron chi connectivity index (χ0n) is 13.3. The summed E-state index contributed by atoms with van der Waals surface area (Å²) in [5, 5.41) is 7.06. The number of carbonyl (C=O) groups is 1. The van der Waals surface area contributed by atoms with Crippen molar-refractivity contribution in [2.45, 2.75) is 47.1 Å². The minimum Gasteiger partial charge on any atom is -0.361 e. The van der Waals surface area contributed by atoms with Crippen LogP contribution in [0.5, 0.6) is 0 Å². The Labute approximate surface area is 125 Å². The van der Waals surface area contributed by atoms with E-state index in [4.69, 9.17) is 4.52 Å². The van der Waals surface area contributed by atoms with Gasteiger partial charge >= 0.3 is 0 Å². The zero-order chi connectivity index (χ0) is 15.6. The lowest BCUT2D eigenvalue weighted by Crippen LogP contribution is -2.29. The van der Waals surface area contributed by atoms with E-state index in [2.05, 4.69) is 10.5 Å². The summed E-state index contributed by atoms with van der Waals surface area (Å²) in [5.41, 5.74) is 4.67. The summed E-state index contributed by atoms with van der Waals surface area (Å²) < 4.78 is 5.20. The summed E-state index contributed by atoms with van der Waals surface area (Å²) in [4.78, 5) is 12.5. The highest BCUT2D eigenvalue weighted by atomic mass is 16.5. The molecule has 2 aromatic rings. The van der Waals surface area contributed by atoms with Gasteiger partial charge in [0.05, 0.1) is 11.7 Å². The highest BCUT2D eigenvalue weighted by Crippen LogP contribution is 2.24. The molecule has 2 rings (SSSR count). The van der Waals surface area contributed by atoms with Crippen molar-refractivity contribution in [3.63, 3.8) is 0 Å². The molecule has 0 fully saturated rings. The van der Waals surface area contributed by atoms with Gasteiger partial charge in [-0.3, -0.25) is 4.79 Å². The van der Waals surface area contributed by atoms with Crippen molar-refractivity contribution in [1.82, 2.24) is 10.5 Å². The van der Waals surface area contributed by atoms with Gasteiger partial charge in [-0.05, 0) is 45.7 Å². The maximum Gasteiger partial charge on any atom is 0.252 e. The third-order valence-corrected chi connectivity index (χ3v) is 3.78. The molecule has 0 saturated heterocycles. The number of aryl methyl sites for hydroxylation is 4. The van der Waals surface area contributed by atoms with Crippen molar-refractivity contribution in [3.05, 3.63) is 51.9 Å². The number of rotatable bonds is 4.